The number of fused-ring (bicyclic) bond motifs is 2. The summed E-state index contributed by atoms with van der Waals surface area (Å²) in [6, 6.07) is 13.2. The van der Waals surface area contributed by atoms with Gasteiger partial charge in [-0.3, -0.25) is 4.90 Å². The fourth-order valence-electron chi connectivity index (χ4n) is 3.91. The van der Waals surface area contributed by atoms with Crippen molar-refractivity contribution >= 4 is 5.57 Å². The third-order valence-corrected chi connectivity index (χ3v) is 5.10. The first kappa shape index (κ1) is 15.5. The molecule has 0 amide bonds. The number of benzene rings is 2. The van der Waals surface area contributed by atoms with Crippen LogP contribution in [0.3, 0.4) is 0 Å². The molecule has 0 aliphatic carbocycles. The second kappa shape index (κ2) is 6.10. The summed E-state index contributed by atoms with van der Waals surface area (Å²) in [5.41, 5.74) is 2.65. The molecule has 1 fully saturated rings. The maximum absolute atomic E-state index is 13.5. The molecule has 0 N–H and O–H groups in total. The van der Waals surface area contributed by atoms with Gasteiger partial charge in [0.2, 0.25) is 0 Å². The van der Waals surface area contributed by atoms with Crippen LogP contribution in [0.4, 0.5) is 13.2 Å². The monoisotopic (exact) mass is 329 g/mol. The summed E-state index contributed by atoms with van der Waals surface area (Å²) in [7, 11) is 0. The van der Waals surface area contributed by atoms with E-state index in [0.29, 0.717) is 11.6 Å². The Morgan fingerprint density at radius 1 is 0.958 bits per heavy atom. The molecule has 1 saturated heterocycles. The predicted octanol–water partition coefficient (Wildman–Crippen LogP) is 4.92. The second-order valence-corrected chi connectivity index (χ2v) is 6.61. The molecule has 0 radical (unpaired) electrons. The van der Waals surface area contributed by atoms with Crippen molar-refractivity contribution in [3.8, 4) is 0 Å². The van der Waals surface area contributed by atoms with E-state index in [1.807, 2.05) is 18.2 Å². The van der Waals surface area contributed by atoms with Crippen LogP contribution in [0.5, 0.6) is 0 Å². The van der Waals surface area contributed by atoms with E-state index in [-0.39, 0.29) is 6.04 Å². The van der Waals surface area contributed by atoms with Gasteiger partial charge >= 0.3 is 0 Å². The fourth-order valence-corrected chi connectivity index (χ4v) is 3.91. The van der Waals surface area contributed by atoms with Crippen LogP contribution < -0.4 is 0 Å². The van der Waals surface area contributed by atoms with Crippen LogP contribution in [0, 0.1) is 17.5 Å². The zero-order valence-corrected chi connectivity index (χ0v) is 13.2. The maximum atomic E-state index is 13.5. The van der Waals surface area contributed by atoms with E-state index >= 15 is 0 Å². The van der Waals surface area contributed by atoms with Crippen LogP contribution in [-0.2, 0) is 6.54 Å². The molecule has 2 aromatic rings. The van der Waals surface area contributed by atoms with E-state index in [0.717, 1.165) is 43.5 Å². The van der Waals surface area contributed by atoms with Crippen LogP contribution in [0.1, 0.15) is 30.4 Å². The minimum Gasteiger partial charge on any atom is -0.289 e. The van der Waals surface area contributed by atoms with Gasteiger partial charge in [0.05, 0.1) is 0 Å². The lowest BCUT2D eigenvalue weighted by molar-refractivity contribution is 0.203. The molecule has 0 saturated carbocycles. The Morgan fingerprint density at radius 2 is 1.67 bits per heavy atom. The second-order valence-electron chi connectivity index (χ2n) is 6.61. The van der Waals surface area contributed by atoms with Crippen molar-refractivity contribution in [1.82, 2.24) is 4.90 Å². The zero-order chi connectivity index (χ0) is 16.7. The quantitative estimate of drug-likeness (QED) is 0.722. The summed E-state index contributed by atoms with van der Waals surface area (Å²) in [6.45, 7) is 0.881. The van der Waals surface area contributed by atoms with E-state index in [2.05, 4.69) is 23.1 Å². The van der Waals surface area contributed by atoms with Crippen molar-refractivity contribution in [1.29, 1.82) is 0 Å². The van der Waals surface area contributed by atoms with Gasteiger partial charge in [-0.1, -0.05) is 36.4 Å². The first-order valence-electron chi connectivity index (χ1n) is 8.27. The average Bonchev–Trinajstić information content (AvgIpc) is 2.82. The van der Waals surface area contributed by atoms with E-state index in [1.54, 1.807) is 0 Å². The molecule has 2 unspecified atom stereocenters. The van der Waals surface area contributed by atoms with Crippen molar-refractivity contribution in [2.75, 3.05) is 0 Å². The molecular weight excluding hydrogens is 311 g/mol. The topological polar surface area (TPSA) is 3.24 Å². The van der Waals surface area contributed by atoms with E-state index in [9.17, 15) is 13.2 Å². The molecule has 4 rings (SSSR count). The van der Waals surface area contributed by atoms with Crippen molar-refractivity contribution in [3.05, 3.63) is 77.1 Å². The van der Waals surface area contributed by atoms with Crippen LogP contribution in [0.25, 0.3) is 5.57 Å². The lowest BCUT2D eigenvalue weighted by Crippen LogP contribution is -2.37. The number of nitrogens with zero attached hydrogens (tertiary/aromatic N) is 1. The molecule has 4 heteroatoms. The molecule has 2 aromatic carbocycles. The smallest absolute Gasteiger partial charge is 0.194 e. The largest absolute Gasteiger partial charge is 0.289 e. The Balaban J connectivity index is 1.60. The van der Waals surface area contributed by atoms with Crippen molar-refractivity contribution < 1.29 is 13.2 Å². The molecule has 24 heavy (non-hydrogen) atoms. The van der Waals surface area contributed by atoms with E-state index < -0.39 is 17.5 Å². The number of hydrogen-bond acceptors (Lipinski definition) is 1. The van der Waals surface area contributed by atoms with Crippen molar-refractivity contribution in [3.63, 3.8) is 0 Å². The molecular formula is C20H18F3N. The highest BCUT2D eigenvalue weighted by molar-refractivity contribution is 5.68. The van der Waals surface area contributed by atoms with Crippen LogP contribution in [0.2, 0.25) is 0 Å². The summed E-state index contributed by atoms with van der Waals surface area (Å²) in [5, 5.41) is 0. The average molecular weight is 329 g/mol. The van der Waals surface area contributed by atoms with Crippen LogP contribution in [-0.4, -0.2) is 17.0 Å². The van der Waals surface area contributed by atoms with Gasteiger partial charge < -0.3 is 0 Å². The molecule has 1 nitrogen and oxygen atoms in total. The van der Waals surface area contributed by atoms with Gasteiger partial charge in [-0.05, 0) is 48.1 Å². The van der Waals surface area contributed by atoms with Crippen LogP contribution >= 0.6 is 0 Å². The highest BCUT2D eigenvalue weighted by Crippen LogP contribution is 2.39. The number of halogens is 3. The Hall–Kier alpha value is -2.07. The predicted molar refractivity (Wildman–Crippen MR) is 87.7 cm³/mol. The van der Waals surface area contributed by atoms with Crippen molar-refractivity contribution in [2.45, 2.75) is 37.9 Å². The van der Waals surface area contributed by atoms with Gasteiger partial charge in [-0.2, -0.15) is 0 Å². The van der Waals surface area contributed by atoms with E-state index in [1.165, 1.54) is 5.56 Å². The lowest BCUT2D eigenvalue weighted by Gasteiger charge is -2.34. The van der Waals surface area contributed by atoms with Gasteiger partial charge in [0.25, 0.3) is 0 Å². The molecule has 2 aliphatic rings. The molecule has 0 spiro atoms. The van der Waals surface area contributed by atoms with Crippen LogP contribution in [0.15, 0.2) is 48.5 Å². The molecule has 2 bridgehead atoms. The zero-order valence-electron chi connectivity index (χ0n) is 13.2. The molecule has 2 aliphatic heterocycles. The standard InChI is InChI=1S/C20H18F3N/c21-18-10-15(11-19(22)20(18)23)14-8-16-6-7-17(9-14)24(16)12-13-4-2-1-3-5-13/h1-5,8,10-11,16-17H,6-7,9,12H2. The van der Waals surface area contributed by atoms with Crippen molar-refractivity contribution in [2.24, 2.45) is 0 Å². The fraction of sp³-hybridized carbons (Fsp3) is 0.300. The Morgan fingerprint density at radius 3 is 2.33 bits per heavy atom. The molecule has 124 valence electrons. The highest BCUT2D eigenvalue weighted by Gasteiger charge is 2.36. The Kier molecular flexibility index (Phi) is 3.93. The summed E-state index contributed by atoms with van der Waals surface area (Å²) in [6.07, 6.45) is 4.96. The van der Waals surface area contributed by atoms with Gasteiger partial charge in [0.1, 0.15) is 0 Å². The molecule has 2 heterocycles. The first-order valence-corrected chi connectivity index (χ1v) is 8.27. The Labute approximate surface area is 139 Å². The SMILES string of the molecule is Fc1cc(C2=CC3CCC(C2)N3Cc2ccccc2)cc(F)c1F. The minimum atomic E-state index is -1.40. The lowest BCUT2D eigenvalue weighted by atomic mass is 9.94. The first-order chi connectivity index (χ1) is 11.6. The molecule has 2 atom stereocenters. The van der Waals surface area contributed by atoms with E-state index in [4.69, 9.17) is 0 Å². The molecule has 0 aromatic heterocycles. The third-order valence-electron chi connectivity index (χ3n) is 5.10. The normalized spacial score (nSPS) is 23.4. The summed E-state index contributed by atoms with van der Waals surface area (Å²) in [5.74, 6) is -3.64. The minimum absolute atomic E-state index is 0.273. The number of rotatable bonds is 3. The van der Waals surface area contributed by atoms with Gasteiger partial charge in [0, 0.05) is 18.6 Å². The Bertz CT molecular complexity index is 762. The number of hydrogen-bond donors (Lipinski definition) is 0. The van der Waals surface area contributed by atoms with Gasteiger partial charge in [0.15, 0.2) is 17.5 Å². The summed E-state index contributed by atoms with van der Waals surface area (Å²) in [4.78, 5) is 2.45. The third kappa shape index (κ3) is 2.75. The van der Waals surface area contributed by atoms with Gasteiger partial charge in [-0.15, -0.1) is 0 Å². The maximum Gasteiger partial charge on any atom is 0.194 e. The summed E-state index contributed by atoms with van der Waals surface area (Å²) < 4.78 is 40.2. The highest BCUT2D eigenvalue weighted by atomic mass is 19.2. The summed E-state index contributed by atoms with van der Waals surface area (Å²) >= 11 is 0. The van der Waals surface area contributed by atoms with Gasteiger partial charge in [-0.25, -0.2) is 13.2 Å².